The standard InChI is InChI=1S/C8H9N3O/c1-4-3-12-8-6(4)7(9)10-5(2)11-8/h3H,1-2H3,(H2,9,10,11). The molecule has 62 valence electrons. The zero-order chi connectivity index (χ0) is 8.72. The van der Waals surface area contributed by atoms with Gasteiger partial charge < -0.3 is 10.2 Å². The highest BCUT2D eigenvalue weighted by molar-refractivity contribution is 5.87. The maximum Gasteiger partial charge on any atom is 0.231 e. The first kappa shape index (κ1) is 7.09. The Hall–Kier alpha value is -1.58. The minimum atomic E-state index is 0.490. The molecule has 12 heavy (non-hydrogen) atoms. The number of nitrogens with zero attached hydrogens (tertiary/aromatic N) is 2. The van der Waals surface area contributed by atoms with Gasteiger partial charge in [0.25, 0.3) is 0 Å². The van der Waals surface area contributed by atoms with Crippen molar-refractivity contribution in [3.8, 4) is 0 Å². The van der Waals surface area contributed by atoms with Crippen LogP contribution in [0, 0.1) is 13.8 Å². The van der Waals surface area contributed by atoms with E-state index in [1.807, 2.05) is 6.92 Å². The smallest absolute Gasteiger partial charge is 0.231 e. The molecule has 0 unspecified atom stereocenters. The number of hydrogen-bond acceptors (Lipinski definition) is 4. The van der Waals surface area contributed by atoms with Crippen LogP contribution in [-0.2, 0) is 0 Å². The van der Waals surface area contributed by atoms with Crippen LogP contribution in [0.2, 0.25) is 0 Å². The first-order valence-electron chi connectivity index (χ1n) is 3.66. The molecule has 0 aromatic carbocycles. The lowest BCUT2D eigenvalue weighted by Crippen LogP contribution is -1.95. The summed E-state index contributed by atoms with van der Waals surface area (Å²) in [6.45, 7) is 3.70. The maximum atomic E-state index is 5.69. The Bertz CT molecular complexity index is 433. The molecule has 0 aliphatic rings. The first-order valence-corrected chi connectivity index (χ1v) is 3.66. The number of hydrogen-bond donors (Lipinski definition) is 1. The van der Waals surface area contributed by atoms with Gasteiger partial charge >= 0.3 is 0 Å². The van der Waals surface area contributed by atoms with Gasteiger partial charge in [-0.25, -0.2) is 4.98 Å². The molecule has 0 aliphatic heterocycles. The van der Waals surface area contributed by atoms with Crippen LogP contribution >= 0.6 is 0 Å². The summed E-state index contributed by atoms with van der Waals surface area (Å²) < 4.78 is 5.18. The molecule has 0 radical (unpaired) electrons. The Balaban J connectivity index is 2.93. The van der Waals surface area contributed by atoms with Crippen LogP contribution in [0.1, 0.15) is 11.4 Å². The van der Waals surface area contributed by atoms with Gasteiger partial charge in [-0.15, -0.1) is 0 Å². The zero-order valence-corrected chi connectivity index (χ0v) is 6.96. The van der Waals surface area contributed by atoms with Crippen molar-refractivity contribution in [1.82, 2.24) is 9.97 Å². The van der Waals surface area contributed by atoms with Crippen molar-refractivity contribution in [1.29, 1.82) is 0 Å². The van der Waals surface area contributed by atoms with Crippen LogP contribution in [0.25, 0.3) is 11.1 Å². The summed E-state index contributed by atoms with van der Waals surface area (Å²) in [7, 11) is 0. The molecule has 0 fully saturated rings. The van der Waals surface area contributed by atoms with Crippen molar-refractivity contribution in [3.05, 3.63) is 17.7 Å². The minimum absolute atomic E-state index is 0.490. The molecule has 2 rings (SSSR count). The first-order chi connectivity index (χ1) is 5.68. The maximum absolute atomic E-state index is 5.69. The number of furan rings is 1. The highest BCUT2D eigenvalue weighted by Crippen LogP contribution is 2.22. The van der Waals surface area contributed by atoms with E-state index >= 15 is 0 Å². The molecular formula is C8H9N3O. The van der Waals surface area contributed by atoms with Crippen LogP contribution in [0.15, 0.2) is 10.7 Å². The van der Waals surface area contributed by atoms with Crippen LogP contribution in [0.3, 0.4) is 0 Å². The van der Waals surface area contributed by atoms with E-state index in [2.05, 4.69) is 9.97 Å². The molecule has 0 aliphatic carbocycles. The molecule has 2 heterocycles. The Morgan fingerprint density at radius 1 is 1.33 bits per heavy atom. The fourth-order valence-corrected chi connectivity index (χ4v) is 1.23. The summed E-state index contributed by atoms with van der Waals surface area (Å²) in [4.78, 5) is 8.14. The van der Waals surface area contributed by atoms with E-state index in [0.717, 1.165) is 10.9 Å². The van der Waals surface area contributed by atoms with Crippen molar-refractivity contribution in [3.63, 3.8) is 0 Å². The lowest BCUT2D eigenvalue weighted by molar-refractivity contribution is 0.598. The average molecular weight is 163 g/mol. The van der Waals surface area contributed by atoms with Crippen molar-refractivity contribution in [2.75, 3.05) is 5.73 Å². The number of nitrogen functional groups attached to an aromatic ring is 1. The van der Waals surface area contributed by atoms with Gasteiger partial charge in [0.15, 0.2) is 0 Å². The number of fused-ring (bicyclic) bond motifs is 1. The van der Waals surface area contributed by atoms with Gasteiger partial charge in [0.2, 0.25) is 5.71 Å². The largest absolute Gasteiger partial charge is 0.446 e. The fourth-order valence-electron chi connectivity index (χ4n) is 1.23. The third-order valence-electron chi connectivity index (χ3n) is 1.76. The third-order valence-corrected chi connectivity index (χ3v) is 1.76. The van der Waals surface area contributed by atoms with Crippen molar-refractivity contribution >= 4 is 16.9 Å². The second-order valence-corrected chi connectivity index (χ2v) is 2.75. The highest BCUT2D eigenvalue weighted by Gasteiger charge is 2.08. The van der Waals surface area contributed by atoms with Gasteiger partial charge in [-0.05, 0) is 13.8 Å². The van der Waals surface area contributed by atoms with Crippen molar-refractivity contribution in [2.45, 2.75) is 13.8 Å². The van der Waals surface area contributed by atoms with Gasteiger partial charge in [0.1, 0.15) is 11.6 Å². The van der Waals surface area contributed by atoms with E-state index in [-0.39, 0.29) is 0 Å². The Morgan fingerprint density at radius 2 is 2.08 bits per heavy atom. The van der Waals surface area contributed by atoms with Crippen molar-refractivity contribution < 1.29 is 4.42 Å². The second kappa shape index (κ2) is 2.20. The summed E-state index contributed by atoms with van der Waals surface area (Å²) in [5, 5.41) is 0.820. The molecule has 4 heteroatoms. The second-order valence-electron chi connectivity index (χ2n) is 2.75. The monoisotopic (exact) mass is 163 g/mol. The summed E-state index contributed by atoms with van der Waals surface area (Å²) >= 11 is 0. The molecule has 0 bridgehead atoms. The van der Waals surface area contributed by atoms with E-state index in [0.29, 0.717) is 17.4 Å². The highest BCUT2D eigenvalue weighted by atomic mass is 16.3. The lowest BCUT2D eigenvalue weighted by atomic mass is 10.2. The zero-order valence-electron chi connectivity index (χ0n) is 6.96. The normalized spacial score (nSPS) is 10.8. The predicted octanol–water partition coefficient (Wildman–Crippen LogP) is 1.42. The molecule has 0 atom stereocenters. The van der Waals surface area contributed by atoms with Crippen LogP contribution in [-0.4, -0.2) is 9.97 Å². The quantitative estimate of drug-likeness (QED) is 0.637. The van der Waals surface area contributed by atoms with Gasteiger partial charge in [0, 0.05) is 5.56 Å². The van der Waals surface area contributed by atoms with E-state index in [1.54, 1.807) is 13.2 Å². The minimum Gasteiger partial charge on any atom is -0.446 e. The number of rotatable bonds is 0. The number of nitrogens with two attached hydrogens (primary N) is 1. The molecule has 0 spiro atoms. The molecule has 2 aromatic heterocycles. The number of anilines is 1. The van der Waals surface area contributed by atoms with Crippen LogP contribution < -0.4 is 5.73 Å². The van der Waals surface area contributed by atoms with Crippen molar-refractivity contribution in [2.24, 2.45) is 0 Å². The molecule has 0 saturated heterocycles. The Kier molecular flexibility index (Phi) is 1.30. The molecule has 2 N–H and O–H groups in total. The topological polar surface area (TPSA) is 64.9 Å². The lowest BCUT2D eigenvalue weighted by Gasteiger charge is -1.96. The van der Waals surface area contributed by atoms with E-state index in [1.165, 1.54) is 0 Å². The molecule has 0 amide bonds. The molecule has 0 saturated carbocycles. The van der Waals surface area contributed by atoms with Gasteiger partial charge in [-0.3, -0.25) is 0 Å². The fraction of sp³-hybridized carbons (Fsp3) is 0.250. The van der Waals surface area contributed by atoms with Gasteiger partial charge in [0.05, 0.1) is 11.6 Å². The van der Waals surface area contributed by atoms with E-state index in [9.17, 15) is 0 Å². The number of aryl methyl sites for hydroxylation is 2. The molecule has 2 aromatic rings. The summed E-state index contributed by atoms with van der Waals surface area (Å²) in [6, 6.07) is 0. The third kappa shape index (κ3) is 0.845. The van der Waals surface area contributed by atoms with Gasteiger partial charge in [-0.2, -0.15) is 4.98 Å². The summed E-state index contributed by atoms with van der Waals surface area (Å²) in [6.07, 6.45) is 1.63. The van der Waals surface area contributed by atoms with E-state index < -0.39 is 0 Å². The average Bonchev–Trinajstić information content (AvgIpc) is 2.31. The molecule has 4 nitrogen and oxygen atoms in total. The van der Waals surface area contributed by atoms with Gasteiger partial charge in [-0.1, -0.05) is 0 Å². The SMILES string of the molecule is Cc1nc(N)c2c(C)coc2n1. The Labute approximate surface area is 69.4 Å². The van der Waals surface area contributed by atoms with Crippen LogP contribution in [0.5, 0.6) is 0 Å². The molecular weight excluding hydrogens is 154 g/mol. The summed E-state index contributed by atoms with van der Waals surface area (Å²) in [5.41, 5.74) is 7.23. The summed E-state index contributed by atoms with van der Waals surface area (Å²) in [5.74, 6) is 1.12. The Morgan fingerprint density at radius 3 is 2.83 bits per heavy atom. The van der Waals surface area contributed by atoms with E-state index in [4.69, 9.17) is 10.2 Å². The number of aromatic nitrogens is 2. The predicted molar refractivity (Wildman–Crippen MR) is 45.7 cm³/mol. The van der Waals surface area contributed by atoms with Crippen LogP contribution in [0.4, 0.5) is 5.82 Å².